The number of amides is 3. The third-order valence-electron chi connectivity index (χ3n) is 8.66. The van der Waals surface area contributed by atoms with Crippen LogP contribution in [-0.2, 0) is 19.1 Å². The smallest absolute Gasteiger partial charge is 0.249 e. The van der Waals surface area contributed by atoms with Gasteiger partial charge in [-0.05, 0) is 50.9 Å². The number of likely N-dealkylation sites (N-methyl/N-ethyl adjacent to an activating group) is 1. The zero-order valence-corrected chi connectivity index (χ0v) is 25.4. The number of aliphatic hydroxyl groups is 1. The molecule has 8 heteroatoms. The molecule has 39 heavy (non-hydrogen) atoms. The number of hydrogen-bond donors (Lipinski definition) is 1. The molecule has 3 aliphatic heterocycles. The quantitative estimate of drug-likeness (QED) is 0.378. The Balaban J connectivity index is 2.15. The summed E-state index contributed by atoms with van der Waals surface area (Å²) in [5.74, 6) is -1.84. The summed E-state index contributed by atoms with van der Waals surface area (Å²) in [5, 5.41) is 10.5. The lowest BCUT2D eigenvalue weighted by Gasteiger charge is -2.46. The maximum Gasteiger partial charge on any atom is 0.249 e. The van der Waals surface area contributed by atoms with Crippen LogP contribution in [0.3, 0.4) is 0 Å². The highest BCUT2D eigenvalue weighted by Crippen LogP contribution is 2.59. The van der Waals surface area contributed by atoms with Gasteiger partial charge in [-0.2, -0.15) is 0 Å². The Hall–Kier alpha value is -2.19. The maximum absolute atomic E-state index is 14.8. The normalized spacial score (nSPS) is 29.0. The van der Waals surface area contributed by atoms with Gasteiger partial charge in [0.15, 0.2) is 0 Å². The van der Waals surface area contributed by atoms with Crippen LogP contribution in [0.25, 0.3) is 0 Å². The molecule has 0 aromatic carbocycles. The predicted octanol–water partition coefficient (Wildman–Crippen LogP) is 3.64. The lowest BCUT2D eigenvalue weighted by Crippen LogP contribution is -2.62. The Morgan fingerprint density at radius 2 is 1.77 bits per heavy atom. The SMILES string of the molecule is C=CCN(C)C(=O)[C@@H]1[C@H]2C(=O)N([C@@H](CO)CC(C)C)C(C(=O)N(CC=C)C(C)(C)CC(C)(C)C)C23CC[C@H]1O3. The first-order chi connectivity index (χ1) is 18.1. The van der Waals surface area contributed by atoms with Gasteiger partial charge in [-0.3, -0.25) is 14.4 Å². The van der Waals surface area contributed by atoms with E-state index in [4.69, 9.17) is 4.74 Å². The van der Waals surface area contributed by atoms with Crippen molar-refractivity contribution in [2.45, 2.75) is 103 Å². The van der Waals surface area contributed by atoms with Crippen LogP contribution in [0.4, 0.5) is 0 Å². The summed E-state index contributed by atoms with van der Waals surface area (Å²) in [5.41, 5.74) is -1.68. The van der Waals surface area contributed by atoms with E-state index < -0.39 is 41.2 Å². The fourth-order valence-corrected chi connectivity index (χ4v) is 7.71. The Morgan fingerprint density at radius 3 is 2.28 bits per heavy atom. The van der Waals surface area contributed by atoms with Gasteiger partial charge in [0.2, 0.25) is 17.7 Å². The van der Waals surface area contributed by atoms with Crippen LogP contribution in [0, 0.1) is 23.2 Å². The van der Waals surface area contributed by atoms with E-state index in [1.165, 1.54) is 0 Å². The van der Waals surface area contributed by atoms with E-state index in [0.29, 0.717) is 32.4 Å². The first-order valence-corrected chi connectivity index (χ1v) is 14.5. The van der Waals surface area contributed by atoms with Crippen LogP contribution < -0.4 is 0 Å². The molecule has 3 saturated heterocycles. The highest BCUT2D eigenvalue weighted by molar-refractivity contribution is 5.99. The lowest BCUT2D eigenvalue weighted by molar-refractivity contribution is -0.156. The molecule has 0 saturated carbocycles. The highest BCUT2D eigenvalue weighted by atomic mass is 16.5. The molecule has 0 aromatic heterocycles. The van der Waals surface area contributed by atoms with Crippen molar-refractivity contribution in [3.05, 3.63) is 25.3 Å². The molecule has 220 valence electrons. The number of fused-ring (bicyclic) bond motifs is 1. The van der Waals surface area contributed by atoms with Crippen LogP contribution in [0.5, 0.6) is 0 Å². The molecule has 0 radical (unpaired) electrons. The van der Waals surface area contributed by atoms with E-state index in [-0.39, 0.29) is 35.7 Å². The number of rotatable bonds is 12. The molecule has 0 aromatic rings. The largest absolute Gasteiger partial charge is 0.394 e. The minimum Gasteiger partial charge on any atom is -0.394 e. The van der Waals surface area contributed by atoms with Gasteiger partial charge in [-0.1, -0.05) is 46.8 Å². The highest BCUT2D eigenvalue weighted by Gasteiger charge is 2.75. The summed E-state index contributed by atoms with van der Waals surface area (Å²) >= 11 is 0. The molecule has 3 rings (SSSR count). The second-order valence-corrected chi connectivity index (χ2v) is 14.1. The Morgan fingerprint density at radius 1 is 1.15 bits per heavy atom. The summed E-state index contributed by atoms with van der Waals surface area (Å²) in [7, 11) is 1.71. The van der Waals surface area contributed by atoms with Gasteiger partial charge in [-0.25, -0.2) is 0 Å². The average molecular weight is 546 g/mol. The van der Waals surface area contributed by atoms with Crippen LogP contribution in [-0.4, -0.2) is 93.6 Å². The number of ether oxygens (including phenoxy) is 1. The molecule has 1 N–H and O–H groups in total. The molecule has 3 amide bonds. The molecule has 6 atom stereocenters. The van der Waals surface area contributed by atoms with Crippen LogP contribution >= 0.6 is 0 Å². The van der Waals surface area contributed by atoms with Crippen molar-refractivity contribution in [1.29, 1.82) is 0 Å². The molecule has 1 spiro atoms. The van der Waals surface area contributed by atoms with Crippen molar-refractivity contribution in [2.75, 3.05) is 26.7 Å². The number of carbonyl (C=O) groups excluding carboxylic acids is 3. The van der Waals surface area contributed by atoms with Gasteiger partial charge >= 0.3 is 0 Å². The summed E-state index contributed by atoms with van der Waals surface area (Å²) in [4.78, 5) is 47.8. The number of carbonyl (C=O) groups is 3. The second-order valence-electron chi connectivity index (χ2n) is 14.1. The first-order valence-electron chi connectivity index (χ1n) is 14.5. The minimum absolute atomic E-state index is 0.0456. The zero-order valence-electron chi connectivity index (χ0n) is 25.4. The summed E-state index contributed by atoms with van der Waals surface area (Å²) < 4.78 is 6.63. The van der Waals surface area contributed by atoms with E-state index in [2.05, 4.69) is 47.8 Å². The third-order valence-corrected chi connectivity index (χ3v) is 8.66. The van der Waals surface area contributed by atoms with Crippen molar-refractivity contribution in [2.24, 2.45) is 23.2 Å². The molecular formula is C31H51N3O5. The fourth-order valence-electron chi connectivity index (χ4n) is 7.71. The predicted molar refractivity (Wildman–Crippen MR) is 153 cm³/mol. The molecular weight excluding hydrogens is 494 g/mol. The van der Waals surface area contributed by atoms with Crippen molar-refractivity contribution < 1.29 is 24.2 Å². The number of nitrogens with zero attached hydrogens (tertiary/aromatic N) is 3. The Bertz CT molecular complexity index is 970. The third kappa shape index (κ3) is 5.69. The second kappa shape index (κ2) is 11.4. The van der Waals surface area contributed by atoms with Gasteiger partial charge in [0, 0.05) is 25.7 Å². The summed E-state index contributed by atoms with van der Waals surface area (Å²) in [6.07, 6.45) is 5.39. The number of hydrogen-bond acceptors (Lipinski definition) is 5. The van der Waals surface area contributed by atoms with Crippen molar-refractivity contribution in [1.82, 2.24) is 14.7 Å². The molecule has 8 nitrogen and oxygen atoms in total. The van der Waals surface area contributed by atoms with Gasteiger partial charge < -0.3 is 24.5 Å². The molecule has 3 aliphatic rings. The fraction of sp³-hybridized carbons (Fsp3) is 0.774. The molecule has 0 aliphatic carbocycles. The van der Waals surface area contributed by atoms with E-state index >= 15 is 0 Å². The van der Waals surface area contributed by atoms with Crippen LogP contribution in [0.1, 0.15) is 74.1 Å². The first kappa shape index (κ1) is 31.3. The Labute approximate surface area is 235 Å². The van der Waals surface area contributed by atoms with Crippen molar-refractivity contribution in [3.8, 4) is 0 Å². The van der Waals surface area contributed by atoms with Gasteiger partial charge in [0.25, 0.3) is 0 Å². The van der Waals surface area contributed by atoms with Crippen molar-refractivity contribution >= 4 is 17.7 Å². The minimum atomic E-state index is -1.10. The summed E-state index contributed by atoms with van der Waals surface area (Å²) in [6, 6.07) is -1.47. The van der Waals surface area contributed by atoms with E-state index in [1.807, 2.05) is 18.7 Å². The maximum atomic E-state index is 14.8. The van der Waals surface area contributed by atoms with Crippen LogP contribution in [0.15, 0.2) is 25.3 Å². The average Bonchev–Trinajstić information content (AvgIpc) is 3.46. The van der Waals surface area contributed by atoms with Gasteiger partial charge in [-0.15, -0.1) is 13.2 Å². The zero-order chi connectivity index (χ0) is 29.5. The number of aliphatic hydroxyl groups excluding tert-OH is 1. The Kier molecular flexibility index (Phi) is 9.13. The molecule has 2 bridgehead atoms. The number of likely N-dealkylation sites (tertiary alicyclic amines) is 1. The molecule has 3 heterocycles. The van der Waals surface area contributed by atoms with E-state index in [9.17, 15) is 19.5 Å². The topological polar surface area (TPSA) is 90.4 Å². The van der Waals surface area contributed by atoms with E-state index in [1.54, 1.807) is 29.0 Å². The molecule has 3 fully saturated rings. The van der Waals surface area contributed by atoms with Gasteiger partial charge in [0.05, 0.1) is 30.6 Å². The monoisotopic (exact) mass is 545 g/mol. The summed E-state index contributed by atoms with van der Waals surface area (Å²) in [6.45, 7) is 22.7. The molecule has 2 unspecified atom stereocenters. The van der Waals surface area contributed by atoms with Crippen molar-refractivity contribution in [3.63, 3.8) is 0 Å². The lowest BCUT2D eigenvalue weighted by atomic mass is 9.70. The van der Waals surface area contributed by atoms with E-state index in [0.717, 1.165) is 6.42 Å². The standard InChI is InChI=1S/C31H51N3O5/c1-11-15-32(10)26(36)23-22-13-14-31(39-22)24(23)27(37)34(21(18-35)17-20(3)4)25(31)28(38)33(16-12-2)30(8,9)19-29(5,6)7/h11-12,20-25,35H,1-2,13-19H2,3-10H3/t21-,22-,23+,24+,25?,31?/m1/s1. The van der Waals surface area contributed by atoms with Gasteiger partial charge in [0.1, 0.15) is 11.6 Å². The van der Waals surface area contributed by atoms with Crippen LogP contribution in [0.2, 0.25) is 0 Å².